The number of para-hydroxylation sites is 1. The van der Waals surface area contributed by atoms with E-state index in [1.165, 1.54) is 11.0 Å². The van der Waals surface area contributed by atoms with Gasteiger partial charge < -0.3 is 14.1 Å². The number of furan rings is 1. The minimum absolute atomic E-state index is 0.0541. The molecule has 7 heteroatoms. The zero-order valence-corrected chi connectivity index (χ0v) is 16.6. The molecule has 2 heterocycles. The SMILES string of the molecule is COc1ccc(C2CC(=O)N(Cc3ccc(F)c(F)c3F)C2)c2c1oc1ccccc12. The van der Waals surface area contributed by atoms with Gasteiger partial charge in [-0.1, -0.05) is 30.3 Å². The molecule has 31 heavy (non-hydrogen) atoms. The Hall–Kier alpha value is -3.48. The predicted molar refractivity (Wildman–Crippen MR) is 109 cm³/mol. The van der Waals surface area contributed by atoms with Crippen LogP contribution in [-0.2, 0) is 11.3 Å². The van der Waals surface area contributed by atoms with Gasteiger partial charge in [0.05, 0.1) is 7.11 Å². The lowest BCUT2D eigenvalue weighted by Gasteiger charge is -2.18. The molecule has 158 valence electrons. The highest BCUT2D eigenvalue weighted by Gasteiger charge is 2.33. The molecular formula is C24H18F3NO3. The van der Waals surface area contributed by atoms with Crippen molar-refractivity contribution >= 4 is 27.8 Å². The third-order valence-corrected chi connectivity index (χ3v) is 5.87. The number of benzene rings is 3. The number of nitrogens with zero attached hydrogens (tertiary/aromatic N) is 1. The maximum absolute atomic E-state index is 14.1. The van der Waals surface area contributed by atoms with Gasteiger partial charge >= 0.3 is 0 Å². The summed E-state index contributed by atoms with van der Waals surface area (Å²) in [6.07, 6.45) is 0.228. The van der Waals surface area contributed by atoms with E-state index in [1.807, 2.05) is 36.4 Å². The smallest absolute Gasteiger partial charge is 0.223 e. The molecule has 1 saturated heterocycles. The van der Waals surface area contributed by atoms with E-state index >= 15 is 0 Å². The van der Waals surface area contributed by atoms with Crippen molar-refractivity contribution in [1.29, 1.82) is 0 Å². The normalized spacial score (nSPS) is 16.6. The van der Waals surface area contributed by atoms with Crippen LogP contribution in [0.1, 0.15) is 23.5 Å². The van der Waals surface area contributed by atoms with Crippen LogP contribution in [0.5, 0.6) is 5.75 Å². The fraction of sp³-hybridized carbons (Fsp3) is 0.208. The molecule has 0 bridgehead atoms. The Bertz CT molecular complexity index is 1330. The molecule has 0 N–H and O–H groups in total. The number of hydrogen-bond donors (Lipinski definition) is 0. The lowest BCUT2D eigenvalue weighted by Crippen LogP contribution is -2.25. The van der Waals surface area contributed by atoms with Crippen molar-refractivity contribution < 1.29 is 27.1 Å². The monoisotopic (exact) mass is 425 g/mol. The lowest BCUT2D eigenvalue weighted by molar-refractivity contribution is -0.128. The van der Waals surface area contributed by atoms with E-state index in [1.54, 1.807) is 7.11 Å². The number of likely N-dealkylation sites (tertiary alicyclic amines) is 1. The summed E-state index contributed by atoms with van der Waals surface area (Å²) in [5.74, 6) is -3.77. The quantitative estimate of drug-likeness (QED) is 0.404. The molecule has 1 aromatic heterocycles. The van der Waals surface area contributed by atoms with Crippen molar-refractivity contribution in [2.24, 2.45) is 0 Å². The van der Waals surface area contributed by atoms with Crippen molar-refractivity contribution in [3.8, 4) is 5.75 Å². The van der Waals surface area contributed by atoms with E-state index in [2.05, 4.69) is 0 Å². The van der Waals surface area contributed by atoms with Crippen LogP contribution < -0.4 is 4.74 Å². The minimum Gasteiger partial charge on any atom is -0.493 e. The second-order valence-electron chi connectivity index (χ2n) is 7.67. The first-order chi connectivity index (χ1) is 15.0. The molecule has 1 amide bonds. The lowest BCUT2D eigenvalue weighted by atomic mass is 9.93. The Morgan fingerprint density at radius 2 is 1.87 bits per heavy atom. The molecular weight excluding hydrogens is 407 g/mol. The van der Waals surface area contributed by atoms with Gasteiger partial charge in [-0.05, 0) is 23.8 Å². The molecule has 5 rings (SSSR count). The maximum Gasteiger partial charge on any atom is 0.223 e. The number of carbonyl (C=O) groups excluding carboxylic acids is 1. The van der Waals surface area contributed by atoms with Gasteiger partial charge in [-0.2, -0.15) is 0 Å². The highest BCUT2D eigenvalue weighted by atomic mass is 19.2. The zero-order chi connectivity index (χ0) is 21.7. The highest BCUT2D eigenvalue weighted by molar-refractivity contribution is 6.09. The van der Waals surface area contributed by atoms with Crippen LogP contribution in [0.4, 0.5) is 13.2 Å². The van der Waals surface area contributed by atoms with E-state index in [4.69, 9.17) is 9.15 Å². The largest absolute Gasteiger partial charge is 0.493 e. The average molecular weight is 425 g/mol. The Morgan fingerprint density at radius 3 is 2.68 bits per heavy atom. The van der Waals surface area contributed by atoms with Crippen molar-refractivity contribution in [2.45, 2.75) is 18.9 Å². The van der Waals surface area contributed by atoms with Crippen LogP contribution in [0.15, 0.2) is 52.9 Å². The molecule has 1 aliphatic heterocycles. The summed E-state index contributed by atoms with van der Waals surface area (Å²) in [4.78, 5) is 14.1. The van der Waals surface area contributed by atoms with Crippen LogP contribution in [0.3, 0.4) is 0 Å². The first-order valence-corrected chi connectivity index (χ1v) is 9.86. The average Bonchev–Trinajstić information content (AvgIpc) is 3.34. The van der Waals surface area contributed by atoms with E-state index < -0.39 is 17.5 Å². The number of methoxy groups -OCH3 is 1. The van der Waals surface area contributed by atoms with E-state index in [-0.39, 0.29) is 30.4 Å². The van der Waals surface area contributed by atoms with Crippen LogP contribution >= 0.6 is 0 Å². The van der Waals surface area contributed by atoms with Gasteiger partial charge in [-0.15, -0.1) is 0 Å². The Morgan fingerprint density at radius 1 is 1.06 bits per heavy atom. The molecule has 0 spiro atoms. The van der Waals surface area contributed by atoms with Gasteiger partial charge in [0.1, 0.15) is 5.58 Å². The number of hydrogen-bond acceptors (Lipinski definition) is 3. The third kappa shape index (κ3) is 3.12. The standard InChI is InChI=1S/C24H18F3NO3/c1-30-19-9-7-15(21-16-4-2-3-5-18(16)31-24(19)21)14-10-20(29)28(12-14)11-13-6-8-17(25)23(27)22(13)26/h2-9,14H,10-12H2,1H3. The van der Waals surface area contributed by atoms with Gasteiger partial charge in [0.25, 0.3) is 0 Å². The highest BCUT2D eigenvalue weighted by Crippen LogP contribution is 2.42. The number of amides is 1. The summed E-state index contributed by atoms with van der Waals surface area (Å²) in [6.45, 7) is 0.210. The fourth-order valence-electron chi connectivity index (χ4n) is 4.36. The first kappa shape index (κ1) is 19.5. The Balaban J connectivity index is 1.52. The van der Waals surface area contributed by atoms with Gasteiger partial charge in [-0.25, -0.2) is 13.2 Å². The zero-order valence-electron chi connectivity index (χ0n) is 16.6. The first-order valence-electron chi connectivity index (χ1n) is 9.86. The summed E-state index contributed by atoms with van der Waals surface area (Å²) in [5.41, 5.74) is 2.20. The van der Waals surface area contributed by atoms with Crippen molar-refractivity contribution in [2.75, 3.05) is 13.7 Å². The van der Waals surface area contributed by atoms with Gasteiger partial charge in [-0.3, -0.25) is 4.79 Å². The van der Waals surface area contributed by atoms with Gasteiger partial charge in [0.15, 0.2) is 28.8 Å². The predicted octanol–water partition coefficient (Wildman–Crippen LogP) is 5.53. The van der Waals surface area contributed by atoms with E-state index in [0.29, 0.717) is 23.5 Å². The summed E-state index contributed by atoms with van der Waals surface area (Å²) >= 11 is 0. The van der Waals surface area contributed by atoms with Gasteiger partial charge in [0, 0.05) is 41.8 Å². The summed E-state index contributed by atoms with van der Waals surface area (Å²) in [6, 6.07) is 13.4. The summed E-state index contributed by atoms with van der Waals surface area (Å²) in [5, 5.41) is 1.80. The molecule has 0 aliphatic carbocycles. The Labute approximate surface area is 175 Å². The molecule has 3 aromatic carbocycles. The number of rotatable bonds is 4. The van der Waals surface area contributed by atoms with Crippen molar-refractivity contribution in [3.05, 3.63) is 77.1 Å². The molecule has 1 aliphatic rings. The fourth-order valence-corrected chi connectivity index (χ4v) is 4.36. The second-order valence-corrected chi connectivity index (χ2v) is 7.67. The number of carbonyl (C=O) groups is 1. The molecule has 4 aromatic rings. The van der Waals surface area contributed by atoms with E-state index in [9.17, 15) is 18.0 Å². The van der Waals surface area contributed by atoms with Crippen molar-refractivity contribution in [1.82, 2.24) is 4.90 Å². The van der Waals surface area contributed by atoms with Crippen LogP contribution in [0.25, 0.3) is 21.9 Å². The third-order valence-electron chi connectivity index (χ3n) is 5.87. The molecule has 0 radical (unpaired) electrons. The number of halogens is 3. The van der Waals surface area contributed by atoms with Gasteiger partial charge in [0.2, 0.25) is 5.91 Å². The second kappa shape index (κ2) is 7.34. The summed E-state index contributed by atoms with van der Waals surface area (Å²) in [7, 11) is 1.57. The van der Waals surface area contributed by atoms with E-state index in [0.717, 1.165) is 22.4 Å². The minimum atomic E-state index is -1.53. The molecule has 1 fully saturated rings. The Kier molecular flexibility index (Phi) is 4.61. The van der Waals surface area contributed by atoms with Crippen molar-refractivity contribution in [3.63, 3.8) is 0 Å². The van der Waals surface area contributed by atoms with Crippen LogP contribution in [0, 0.1) is 17.5 Å². The van der Waals surface area contributed by atoms with Crippen LogP contribution in [-0.4, -0.2) is 24.5 Å². The molecule has 1 unspecified atom stereocenters. The number of ether oxygens (including phenoxy) is 1. The topological polar surface area (TPSA) is 42.7 Å². The molecule has 1 atom stereocenters. The molecule has 0 saturated carbocycles. The number of fused-ring (bicyclic) bond motifs is 3. The molecule has 4 nitrogen and oxygen atoms in total. The maximum atomic E-state index is 14.1. The summed E-state index contributed by atoms with van der Waals surface area (Å²) < 4.78 is 52.4. The van der Waals surface area contributed by atoms with Crippen LogP contribution in [0.2, 0.25) is 0 Å².